The minimum atomic E-state index is -0.562. The van der Waals surface area contributed by atoms with E-state index in [4.69, 9.17) is 4.74 Å². The predicted molar refractivity (Wildman–Crippen MR) is 130 cm³/mol. The molecule has 0 unspecified atom stereocenters. The molecule has 0 aliphatic rings. The van der Waals surface area contributed by atoms with Crippen molar-refractivity contribution >= 4 is 43.6 Å². The first kappa shape index (κ1) is 21.7. The van der Waals surface area contributed by atoms with Crippen molar-refractivity contribution in [2.45, 2.75) is 13.5 Å². The van der Waals surface area contributed by atoms with Gasteiger partial charge in [-0.05, 0) is 61.0 Å². The molecule has 1 amide bonds. The second-order valence-corrected chi connectivity index (χ2v) is 8.56. The van der Waals surface area contributed by atoms with Crippen molar-refractivity contribution in [2.24, 2.45) is 0 Å². The van der Waals surface area contributed by atoms with E-state index in [1.165, 1.54) is 34.1 Å². The molecule has 5 aromatic rings. The highest BCUT2D eigenvalue weighted by molar-refractivity contribution is 7.22. The Labute approximate surface area is 197 Å². The number of amides is 1. The zero-order valence-corrected chi connectivity index (χ0v) is 18.9. The molecule has 3 heterocycles. The van der Waals surface area contributed by atoms with Crippen LogP contribution in [0.1, 0.15) is 22.8 Å². The molecule has 7 nitrogen and oxygen atoms in total. The zero-order valence-electron chi connectivity index (χ0n) is 18.1. The lowest BCUT2D eigenvalue weighted by Crippen LogP contribution is -2.30. The maximum absolute atomic E-state index is 13.3. The fraction of sp³-hybridized carbons (Fsp3) is 0.120. The van der Waals surface area contributed by atoms with Crippen LogP contribution in [0.4, 0.5) is 9.52 Å². The summed E-state index contributed by atoms with van der Waals surface area (Å²) < 4.78 is 21.1. The van der Waals surface area contributed by atoms with E-state index >= 15 is 0 Å². The van der Waals surface area contributed by atoms with Crippen molar-refractivity contribution in [3.8, 4) is 5.75 Å². The molecular weight excluding hydrogens is 455 g/mol. The first-order valence-corrected chi connectivity index (χ1v) is 11.4. The van der Waals surface area contributed by atoms with Gasteiger partial charge in [0.05, 0.1) is 23.4 Å². The number of rotatable bonds is 6. The van der Waals surface area contributed by atoms with Crippen LogP contribution in [0.25, 0.3) is 21.3 Å². The number of fused-ring (bicyclic) bond motifs is 2. The lowest BCUT2D eigenvalue weighted by molar-refractivity contribution is 0.102. The van der Waals surface area contributed by atoms with E-state index in [-0.39, 0.29) is 17.9 Å². The maximum Gasteiger partial charge on any atom is 0.265 e. The maximum atomic E-state index is 13.3. The third kappa shape index (κ3) is 4.25. The first-order valence-electron chi connectivity index (χ1n) is 10.6. The fourth-order valence-electron chi connectivity index (χ4n) is 3.67. The van der Waals surface area contributed by atoms with Crippen LogP contribution >= 0.6 is 11.3 Å². The van der Waals surface area contributed by atoms with Crippen LogP contribution in [0, 0.1) is 5.82 Å². The number of halogens is 1. The summed E-state index contributed by atoms with van der Waals surface area (Å²) in [7, 11) is 0. The summed E-state index contributed by atoms with van der Waals surface area (Å²) in [5.74, 6) is -0.202. The number of carbonyl (C=O) groups is 1. The average molecular weight is 475 g/mol. The predicted octanol–water partition coefficient (Wildman–Crippen LogP) is 4.84. The summed E-state index contributed by atoms with van der Waals surface area (Å²) in [6, 6.07) is 16.4. The molecular formula is C25H19FN4O3S. The number of hydrogen-bond acceptors (Lipinski definition) is 6. The van der Waals surface area contributed by atoms with Gasteiger partial charge in [0.15, 0.2) is 5.13 Å². The van der Waals surface area contributed by atoms with Gasteiger partial charge in [0.2, 0.25) is 0 Å². The van der Waals surface area contributed by atoms with Crippen LogP contribution in [-0.2, 0) is 6.54 Å². The minimum absolute atomic E-state index is 0.0307. The molecule has 1 N–H and O–H groups in total. The summed E-state index contributed by atoms with van der Waals surface area (Å²) in [5, 5.41) is 3.77. The Balaban J connectivity index is 1.51. The van der Waals surface area contributed by atoms with Crippen LogP contribution < -0.4 is 15.6 Å². The van der Waals surface area contributed by atoms with E-state index in [0.29, 0.717) is 28.3 Å². The Hall–Kier alpha value is -4.11. The first-order chi connectivity index (χ1) is 16.5. The lowest BCUT2D eigenvalue weighted by atomic mass is 10.1. The summed E-state index contributed by atoms with van der Waals surface area (Å²) >= 11 is 1.30. The average Bonchev–Trinajstić information content (AvgIpc) is 3.23. The second kappa shape index (κ2) is 9.03. The smallest absolute Gasteiger partial charge is 0.265 e. The number of pyridine rings is 2. The third-order valence-corrected chi connectivity index (χ3v) is 6.17. The number of nitrogens with zero attached hydrogens (tertiary/aromatic N) is 3. The van der Waals surface area contributed by atoms with Crippen LogP contribution in [-0.4, -0.2) is 27.0 Å². The van der Waals surface area contributed by atoms with E-state index in [1.54, 1.807) is 30.5 Å². The number of aromatic nitrogens is 3. The Morgan fingerprint density at radius 3 is 2.76 bits per heavy atom. The van der Waals surface area contributed by atoms with Gasteiger partial charge in [0.1, 0.15) is 22.8 Å². The number of anilines is 1. The Morgan fingerprint density at radius 2 is 1.97 bits per heavy atom. The summed E-state index contributed by atoms with van der Waals surface area (Å²) in [6.45, 7) is 2.61. The molecule has 3 aromatic heterocycles. The number of benzene rings is 2. The van der Waals surface area contributed by atoms with Gasteiger partial charge in [-0.3, -0.25) is 19.5 Å². The van der Waals surface area contributed by atoms with E-state index in [0.717, 1.165) is 16.0 Å². The quantitative estimate of drug-likeness (QED) is 0.380. The Bertz CT molecular complexity index is 1580. The van der Waals surface area contributed by atoms with Crippen LogP contribution in [0.15, 0.2) is 71.7 Å². The highest BCUT2D eigenvalue weighted by Gasteiger charge is 2.18. The molecule has 0 saturated carbocycles. The fourth-order valence-corrected chi connectivity index (χ4v) is 4.56. The van der Waals surface area contributed by atoms with Crippen molar-refractivity contribution in [3.05, 3.63) is 94.2 Å². The molecule has 0 bridgehead atoms. The van der Waals surface area contributed by atoms with Crippen molar-refractivity contribution < 1.29 is 13.9 Å². The number of carbonyl (C=O) groups excluding carboxylic acids is 1. The number of nitrogens with one attached hydrogen (secondary N) is 1. The van der Waals surface area contributed by atoms with Gasteiger partial charge in [-0.15, -0.1) is 0 Å². The highest BCUT2D eigenvalue weighted by Crippen LogP contribution is 2.29. The van der Waals surface area contributed by atoms with Crippen molar-refractivity contribution in [2.75, 3.05) is 11.9 Å². The van der Waals surface area contributed by atoms with Crippen molar-refractivity contribution in [1.29, 1.82) is 0 Å². The highest BCUT2D eigenvalue weighted by atomic mass is 32.1. The molecule has 170 valence electrons. The standard InChI is InChI=1S/C25H19FN4O3S/c1-2-33-18-9-10-20-21(13-18)34-25(28-20)29-23(31)19-12-16-4-3-11-27-22(16)30(24(19)32)14-15-5-7-17(26)8-6-15/h3-13H,2,14H2,1H3,(H,28,29,31). The largest absolute Gasteiger partial charge is 0.494 e. The molecule has 0 atom stereocenters. The van der Waals surface area contributed by atoms with Crippen LogP contribution in [0.2, 0.25) is 0 Å². The molecule has 2 aromatic carbocycles. The lowest BCUT2D eigenvalue weighted by Gasteiger charge is -2.12. The van der Waals surface area contributed by atoms with E-state index in [2.05, 4.69) is 15.3 Å². The number of hydrogen-bond donors (Lipinski definition) is 1. The molecule has 9 heteroatoms. The normalized spacial score (nSPS) is 11.1. The number of ether oxygens (including phenoxy) is 1. The van der Waals surface area contributed by atoms with Gasteiger partial charge in [-0.25, -0.2) is 14.4 Å². The third-order valence-electron chi connectivity index (χ3n) is 5.24. The molecule has 34 heavy (non-hydrogen) atoms. The summed E-state index contributed by atoms with van der Waals surface area (Å²) in [5.41, 5.74) is 1.35. The Morgan fingerprint density at radius 1 is 1.15 bits per heavy atom. The molecule has 0 radical (unpaired) electrons. The summed E-state index contributed by atoms with van der Waals surface area (Å²) in [4.78, 5) is 35.2. The van der Waals surface area contributed by atoms with Gasteiger partial charge in [-0.2, -0.15) is 0 Å². The topological polar surface area (TPSA) is 86.1 Å². The zero-order chi connectivity index (χ0) is 23.7. The molecule has 0 fully saturated rings. The SMILES string of the molecule is CCOc1ccc2nc(NC(=O)c3cc4cccnc4n(Cc4ccc(F)cc4)c3=O)sc2c1. The molecule has 5 rings (SSSR count). The molecule has 0 spiro atoms. The molecule has 0 aliphatic heterocycles. The summed E-state index contributed by atoms with van der Waals surface area (Å²) in [6.07, 6.45) is 1.58. The van der Waals surface area contributed by atoms with Gasteiger partial charge < -0.3 is 4.74 Å². The number of thiazole rings is 1. The van der Waals surface area contributed by atoms with E-state index in [1.807, 2.05) is 25.1 Å². The molecule has 0 aliphatic carbocycles. The second-order valence-electron chi connectivity index (χ2n) is 7.53. The van der Waals surface area contributed by atoms with E-state index in [9.17, 15) is 14.0 Å². The van der Waals surface area contributed by atoms with Gasteiger partial charge in [0.25, 0.3) is 11.5 Å². The van der Waals surface area contributed by atoms with Gasteiger partial charge >= 0.3 is 0 Å². The monoisotopic (exact) mass is 474 g/mol. The van der Waals surface area contributed by atoms with Crippen LogP contribution in [0.5, 0.6) is 5.75 Å². The van der Waals surface area contributed by atoms with Crippen LogP contribution in [0.3, 0.4) is 0 Å². The van der Waals surface area contributed by atoms with Gasteiger partial charge in [-0.1, -0.05) is 23.5 Å². The van der Waals surface area contributed by atoms with Gasteiger partial charge in [0, 0.05) is 11.6 Å². The van der Waals surface area contributed by atoms with Crippen molar-refractivity contribution in [3.63, 3.8) is 0 Å². The molecule has 0 saturated heterocycles. The van der Waals surface area contributed by atoms with Crippen molar-refractivity contribution in [1.82, 2.24) is 14.5 Å². The minimum Gasteiger partial charge on any atom is -0.494 e. The Kier molecular flexibility index (Phi) is 5.77. The van der Waals surface area contributed by atoms with E-state index < -0.39 is 11.5 Å².